The Bertz CT molecular complexity index is 615. The first-order valence-electron chi connectivity index (χ1n) is 6.49. The number of hydrogen-bond acceptors (Lipinski definition) is 4. The highest BCUT2D eigenvalue weighted by Gasteiger charge is 2.19. The van der Waals surface area contributed by atoms with Crippen molar-refractivity contribution < 1.29 is 0 Å². The Hall–Kier alpha value is -1.11. The fourth-order valence-corrected chi connectivity index (χ4v) is 2.71. The summed E-state index contributed by atoms with van der Waals surface area (Å²) in [7, 11) is 0. The van der Waals surface area contributed by atoms with Crippen LogP contribution < -0.4 is 10.2 Å². The van der Waals surface area contributed by atoms with Gasteiger partial charge in [-0.25, -0.2) is 0 Å². The zero-order valence-electron chi connectivity index (χ0n) is 11.0. The number of hydrogen-bond donors (Lipinski definition) is 2. The van der Waals surface area contributed by atoms with Gasteiger partial charge in [-0.1, -0.05) is 11.6 Å². The molecular weight excluding hydrogens is 342 g/mol. The van der Waals surface area contributed by atoms with E-state index in [1.807, 2.05) is 18.2 Å². The van der Waals surface area contributed by atoms with Gasteiger partial charge in [-0.05, 0) is 41.1 Å². The minimum atomic E-state index is 0.452. The van der Waals surface area contributed by atoms with E-state index in [-0.39, 0.29) is 0 Å². The molecule has 1 saturated heterocycles. The molecule has 2 heterocycles. The Balaban J connectivity index is 1.84. The van der Waals surface area contributed by atoms with E-state index in [0.717, 1.165) is 41.4 Å². The second kappa shape index (κ2) is 5.71. The third-order valence-corrected chi connectivity index (χ3v) is 4.55. The fourth-order valence-electron chi connectivity index (χ4n) is 2.28. The average molecular weight is 357 g/mol. The van der Waals surface area contributed by atoms with Gasteiger partial charge >= 0.3 is 0 Å². The van der Waals surface area contributed by atoms with Gasteiger partial charge in [0, 0.05) is 35.7 Å². The van der Waals surface area contributed by atoms with E-state index >= 15 is 0 Å². The molecular formula is C13H15BrClN5. The normalized spacial score (nSPS) is 19.4. The molecule has 20 heavy (non-hydrogen) atoms. The highest BCUT2D eigenvalue weighted by atomic mass is 79.9. The molecule has 1 fully saturated rings. The number of anilines is 1. The Morgan fingerprint density at radius 3 is 3.05 bits per heavy atom. The lowest BCUT2D eigenvalue weighted by Crippen LogP contribution is -2.49. The molecule has 0 amide bonds. The van der Waals surface area contributed by atoms with Crippen LogP contribution in [0.15, 0.2) is 22.7 Å². The lowest BCUT2D eigenvalue weighted by Gasteiger charge is -2.30. The van der Waals surface area contributed by atoms with Gasteiger partial charge in [0.1, 0.15) is 0 Å². The average Bonchev–Trinajstić information content (AvgIpc) is 2.92. The maximum atomic E-state index is 6.11. The number of aromatic nitrogens is 3. The molecule has 1 atom stereocenters. The molecule has 0 spiro atoms. The third kappa shape index (κ3) is 2.82. The summed E-state index contributed by atoms with van der Waals surface area (Å²) < 4.78 is 0.874. The van der Waals surface area contributed by atoms with Gasteiger partial charge < -0.3 is 10.2 Å². The number of benzene rings is 1. The smallest absolute Gasteiger partial charge is 0.245 e. The van der Waals surface area contributed by atoms with E-state index in [1.54, 1.807) is 0 Å². The first kappa shape index (κ1) is 13.9. The van der Waals surface area contributed by atoms with Crippen molar-refractivity contribution in [2.24, 2.45) is 0 Å². The highest BCUT2D eigenvalue weighted by molar-refractivity contribution is 9.10. The Labute approximate surface area is 130 Å². The topological polar surface area (TPSA) is 56.8 Å². The summed E-state index contributed by atoms with van der Waals surface area (Å²) in [5, 5.41) is 11.4. The highest BCUT2D eigenvalue weighted by Crippen LogP contribution is 2.27. The van der Waals surface area contributed by atoms with Crippen LogP contribution in [0.5, 0.6) is 0 Å². The van der Waals surface area contributed by atoms with Gasteiger partial charge in [0.25, 0.3) is 0 Å². The lowest BCUT2D eigenvalue weighted by atomic mass is 10.2. The largest absolute Gasteiger partial charge is 0.337 e. The van der Waals surface area contributed by atoms with Crippen LogP contribution in [0.1, 0.15) is 6.92 Å². The number of rotatable bonds is 2. The van der Waals surface area contributed by atoms with E-state index in [0.29, 0.717) is 11.1 Å². The lowest BCUT2D eigenvalue weighted by molar-refractivity contribution is 0.480. The van der Waals surface area contributed by atoms with Crippen molar-refractivity contribution in [2.45, 2.75) is 13.0 Å². The molecule has 1 aliphatic rings. The molecule has 0 bridgehead atoms. The second-order valence-electron chi connectivity index (χ2n) is 4.91. The standard InChI is InChI=1S/C13H15BrClN5/c1-8-7-20(5-4-16-8)13-17-12(18-19-13)9-2-3-10(14)11(15)6-9/h2-3,6,8,16H,4-5,7H2,1H3,(H,17,18,19)/t8-/m0/s1. The van der Waals surface area contributed by atoms with Gasteiger partial charge in [0.2, 0.25) is 5.95 Å². The van der Waals surface area contributed by atoms with Gasteiger partial charge in [0.05, 0.1) is 5.02 Å². The first-order valence-corrected chi connectivity index (χ1v) is 7.67. The van der Waals surface area contributed by atoms with Crippen molar-refractivity contribution in [3.05, 3.63) is 27.7 Å². The molecule has 2 N–H and O–H groups in total. The van der Waals surface area contributed by atoms with Gasteiger partial charge in [-0.15, -0.1) is 5.10 Å². The zero-order valence-corrected chi connectivity index (χ0v) is 13.4. The van der Waals surface area contributed by atoms with Crippen LogP contribution in [0.25, 0.3) is 11.4 Å². The molecule has 1 aliphatic heterocycles. The second-order valence-corrected chi connectivity index (χ2v) is 6.18. The predicted molar refractivity (Wildman–Crippen MR) is 84.2 cm³/mol. The van der Waals surface area contributed by atoms with Gasteiger partial charge in [0.15, 0.2) is 5.82 Å². The van der Waals surface area contributed by atoms with Gasteiger partial charge in [-0.3, -0.25) is 5.10 Å². The van der Waals surface area contributed by atoms with Crippen molar-refractivity contribution in [1.82, 2.24) is 20.5 Å². The SMILES string of the molecule is C[C@H]1CN(c2n[nH]c(-c3ccc(Br)c(Cl)c3)n2)CCN1. The van der Waals surface area contributed by atoms with Crippen LogP contribution in [0.2, 0.25) is 5.02 Å². The third-order valence-electron chi connectivity index (χ3n) is 3.32. The van der Waals surface area contributed by atoms with Crippen molar-refractivity contribution >= 4 is 33.5 Å². The van der Waals surface area contributed by atoms with Crippen LogP contribution in [0.4, 0.5) is 5.95 Å². The van der Waals surface area contributed by atoms with Crippen molar-refractivity contribution in [3.8, 4) is 11.4 Å². The zero-order chi connectivity index (χ0) is 14.1. The van der Waals surface area contributed by atoms with Crippen molar-refractivity contribution in [1.29, 1.82) is 0 Å². The summed E-state index contributed by atoms with van der Waals surface area (Å²) in [6.45, 7) is 4.95. The Morgan fingerprint density at radius 1 is 1.45 bits per heavy atom. The predicted octanol–water partition coefficient (Wildman–Crippen LogP) is 2.69. The van der Waals surface area contributed by atoms with Crippen LogP contribution in [0, 0.1) is 0 Å². The molecule has 0 unspecified atom stereocenters. The van der Waals surface area contributed by atoms with E-state index in [9.17, 15) is 0 Å². The number of piperazine rings is 1. The minimum Gasteiger partial charge on any atom is -0.337 e. The summed E-state index contributed by atoms with van der Waals surface area (Å²) in [4.78, 5) is 6.75. The first-order chi connectivity index (χ1) is 9.63. The molecule has 0 saturated carbocycles. The summed E-state index contributed by atoms with van der Waals surface area (Å²) in [6, 6.07) is 6.19. The van der Waals surface area contributed by atoms with E-state index in [2.05, 4.69) is 48.3 Å². The van der Waals surface area contributed by atoms with Crippen LogP contribution in [-0.4, -0.2) is 40.9 Å². The number of aromatic amines is 1. The maximum Gasteiger partial charge on any atom is 0.245 e. The monoisotopic (exact) mass is 355 g/mol. The number of H-pyrrole nitrogens is 1. The molecule has 5 nitrogen and oxygen atoms in total. The quantitative estimate of drug-likeness (QED) is 0.868. The molecule has 1 aromatic carbocycles. The number of nitrogens with zero attached hydrogens (tertiary/aromatic N) is 3. The number of halogens is 2. The van der Waals surface area contributed by atoms with E-state index in [4.69, 9.17) is 11.6 Å². The van der Waals surface area contributed by atoms with Crippen LogP contribution in [0.3, 0.4) is 0 Å². The molecule has 7 heteroatoms. The molecule has 106 valence electrons. The van der Waals surface area contributed by atoms with Crippen LogP contribution in [-0.2, 0) is 0 Å². The summed E-state index contributed by atoms with van der Waals surface area (Å²) >= 11 is 9.49. The molecule has 0 aliphatic carbocycles. The van der Waals surface area contributed by atoms with Crippen molar-refractivity contribution in [2.75, 3.05) is 24.5 Å². The Kier molecular flexibility index (Phi) is 3.96. The molecule has 1 aromatic heterocycles. The van der Waals surface area contributed by atoms with Crippen LogP contribution >= 0.6 is 27.5 Å². The van der Waals surface area contributed by atoms with Crippen molar-refractivity contribution in [3.63, 3.8) is 0 Å². The van der Waals surface area contributed by atoms with E-state index < -0.39 is 0 Å². The summed E-state index contributed by atoms with van der Waals surface area (Å²) in [5.41, 5.74) is 0.931. The molecule has 0 radical (unpaired) electrons. The molecule has 3 rings (SSSR count). The summed E-state index contributed by atoms with van der Waals surface area (Å²) in [6.07, 6.45) is 0. The summed E-state index contributed by atoms with van der Waals surface area (Å²) in [5.74, 6) is 1.48. The maximum absolute atomic E-state index is 6.11. The molecule has 2 aromatic rings. The number of nitrogens with one attached hydrogen (secondary N) is 2. The van der Waals surface area contributed by atoms with Gasteiger partial charge in [-0.2, -0.15) is 4.98 Å². The Morgan fingerprint density at radius 2 is 2.30 bits per heavy atom. The fraction of sp³-hybridized carbons (Fsp3) is 0.385. The van der Waals surface area contributed by atoms with E-state index in [1.165, 1.54) is 0 Å². The minimum absolute atomic E-state index is 0.452.